The van der Waals surface area contributed by atoms with Gasteiger partial charge in [-0.25, -0.2) is 0 Å². The Morgan fingerprint density at radius 1 is 1.00 bits per heavy atom. The highest BCUT2D eigenvalue weighted by Crippen LogP contribution is 2.27. The lowest BCUT2D eigenvalue weighted by Gasteiger charge is -2.11. The number of hydrogen-bond acceptors (Lipinski definition) is 2. The molecule has 0 saturated carbocycles. The normalized spacial score (nSPS) is 10.7. The Hall–Kier alpha value is -1.77. The third kappa shape index (κ3) is 3.62. The van der Waals surface area contributed by atoms with E-state index in [1.165, 1.54) is 6.08 Å². The summed E-state index contributed by atoms with van der Waals surface area (Å²) >= 11 is 12.2. The van der Waals surface area contributed by atoms with Crippen LogP contribution < -0.4 is 4.74 Å². The number of carbonyl (C=O) groups is 1. The van der Waals surface area contributed by atoms with Crippen LogP contribution in [-0.2, 0) is 11.4 Å². The number of halogens is 2. The van der Waals surface area contributed by atoms with E-state index >= 15 is 0 Å². The molecule has 4 heteroatoms. The van der Waals surface area contributed by atoms with Gasteiger partial charge in [-0.05, 0) is 30.4 Å². The first-order valence-corrected chi connectivity index (χ1v) is 6.74. The maximum absolute atomic E-state index is 10.4. The molecule has 0 aliphatic rings. The Morgan fingerprint density at radius 3 is 2.40 bits per heavy atom. The highest BCUT2D eigenvalue weighted by molar-refractivity contribution is 6.35. The number of rotatable bonds is 5. The van der Waals surface area contributed by atoms with E-state index in [2.05, 4.69) is 0 Å². The van der Waals surface area contributed by atoms with E-state index in [4.69, 9.17) is 27.9 Å². The topological polar surface area (TPSA) is 26.3 Å². The lowest BCUT2D eigenvalue weighted by molar-refractivity contribution is -0.104. The first-order valence-electron chi connectivity index (χ1n) is 5.99. The van der Waals surface area contributed by atoms with E-state index in [1.807, 2.05) is 24.3 Å². The van der Waals surface area contributed by atoms with Gasteiger partial charge in [0.15, 0.2) is 0 Å². The number of carbonyl (C=O) groups excluding carboxylic acids is 1. The van der Waals surface area contributed by atoms with Gasteiger partial charge < -0.3 is 4.74 Å². The summed E-state index contributed by atoms with van der Waals surface area (Å²) in [5.41, 5.74) is 1.56. The predicted molar refractivity (Wildman–Crippen MR) is 82.3 cm³/mol. The summed E-state index contributed by atoms with van der Waals surface area (Å²) in [6.45, 7) is 0.268. The Balaban J connectivity index is 2.19. The fourth-order valence-electron chi connectivity index (χ4n) is 1.71. The lowest BCUT2D eigenvalue weighted by atomic mass is 10.2. The zero-order valence-corrected chi connectivity index (χ0v) is 12.1. The van der Waals surface area contributed by atoms with Crippen LogP contribution in [0.3, 0.4) is 0 Å². The Kier molecular flexibility index (Phi) is 5.22. The Bertz CT molecular complexity index is 616. The quantitative estimate of drug-likeness (QED) is 0.586. The maximum Gasteiger partial charge on any atom is 0.142 e. The molecule has 0 spiro atoms. The summed E-state index contributed by atoms with van der Waals surface area (Å²) in [7, 11) is 0. The third-order valence-corrected chi connectivity index (χ3v) is 3.42. The predicted octanol–water partition coefficient (Wildman–Crippen LogP) is 4.78. The molecule has 0 aliphatic heterocycles. The zero-order valence-electron chi connectivity index (χ0n) is 10.6. The minimum Gasteiger partial charge on any atom is -0.488 e. The fourth-order valence-corrected chi connectivity index (χ4v) is 2.22. The van der Waals surface area contributed by atoms with Crippen molar-refractivity contribution in [2.45, 2.75) is 6.61 Å². The SMILES string of the molecule is O=C/C=C/c1ccccc1OCc1c(Cl)cccc1Cl. The summed E-state index contributed by atoms with van der Waals surface area (Å²) in [6.07, 6.45) is 3.84. The van der Waals surface area contributed by atoms with Gasteiger partial charge in [0, 0.05) is 21.2 Å². The van der Waals surface area contributed by atoms with Crippen LogP contribution in [0.5, 0.6) is 5.75 Å². The minimum atomic E-state index is 0.268. The fraction of sp³-hybridized carbons (Fsp3) is 0.0625. The molecule has 0 fully saturated rings. The second-order valence-electron chi connectivity index (χ2n) is 4.02. The van der Waals surface area contributed by atoms with Gasteiger partial charge in [-0.3, -0.25) is 4.79 Å². The molecule has 0 radical (unpaired) electrons. The molecule has 0 atom stereocenters. The average Bonchev–Trinajstić information content (AvgIpc) is 2.45. The van der Waals surface area contributed by atoms with Crippen molar-refractivity contribution >= 4 is 35.6 Å². The number of para-hydroxylation sites is 1. The number of benzene rings is 2. The lowest BCUT2D eigenvalue weighted by Crippen LogP contribution is -1.98. The Labute approximate surface area is 127 Å². The summed E-state index contributed by atoms with van der Waals surface area (Å²) in [6, 6.07) is 12.8. The number of aldehydes is 1. The van der Waals surface area contributed by atoms with Crippen LogP contribution in [0.1, 0.15) is 11.1 Å². The summed E-state index contributed by atoms with van der Waals surface area (Å²) in [5, 5.41) is 1.14. The van der Waals surface area contributed by atoms with Crippen molar-refractivity contribution < 1.29 is 9.53 Å². The van der Waals surface area contributed by atoms with Crippen LogP contribution in [0.15, 0.2) is 48.5 Å². The van der Waals surface area contributed by atoms with Crippen molar-refractivity contribution in [1.29, 1.82) is 0 Å². The van der Waals surface area contributed by atoms with E-state index < -0.39 is 0 Å². The monoisotopic (exact) mass is 306 g/mol. The average molecular weight is 307 g/mol. The van der Waals surface area contributed by atoms with Crippen molar-refractivity contribution in [3.05, 3.63) is 69.7 Å². The molecule has 2 aromatic rings. The highest BCUT2D eigenvalue weighted by Gasteiger charge is 2.07. The highest BCUT2D eigenvalue weighted by atomic mass is 35.5. The largest absolute Gasteiger partial charge is 0.488 e. The van der Waals surface area contributed by atoms with Crippen molar-refractivity contribution in [2.24, 2.45) is 0 Å². The van der Waals surface area contributed by atoms with Crippen LogP contribution in [0.4, 0.5) is 0 Å². The number of ether oxygens (including phenoxy) is 1. The van der Waals surface area contributed by atoms with Gasteiger partial charge in [-0.1, -0.05) is 47.5 Å². The van der Waals surface area contributed by atoms with Crippen molar-refractivity contribution in [2.75, 3.05) is 0 Å². The van der Waals surface area contributed by atoms with Crippen molar-refractivity contribution in [1.82, 2.24) is 0 Å². The van der Waals surface area contributed by atoms with Crippen LogP contribution in [-0.4, -0.2) is 6.29 Å². The molecule has 2 nitrogen and oxygen atoms in total. The molecule has 2 rings (SSSR count). The first kappa shape index (κ1) is 14.6. The molecule has 2 aromatic carbocycles. The molecule has 0 unspecified atom stereocenters. The van der Waals surface area contributed by atoms with Crippen molar-refractivity contribution in [3.8, 4) is 5.75 Å². The molecular formula is C16H12Cl2O2. The van der Waals surface area contributed by atoms with Gasteiger partial charge in [0.1, 0.15) is 18.6 Å². The molecule has 0 N–H and O–H groups in total. The smallest absolute Gasteiger partial charge is 0.142 e. The molecule has 0 aromatic heterocycles. The van der Waals surface area contributed by atoms with Gasteiger partial charge in [0.2, 0.25) is 0 Å². The summed E-state index contributed by atoms with van der Waals surface area (Å²) in [4.78, 5) is 10.4. The van der Waals surface area contributed by atoms with Crippen LogP contribution >= 0.6 is 23.2 Å². The van der Waals surface area contributed by atoms with E-state index in [9.17, 15) is 4.79 Å². The van der Waals surface area contributed by atoms with Gasteiger partial charge in [0.25, 0.3) is 0 Å². The van der Waals surface area contributed by atoms with Crippen LogP contribution in [0.2, 0.25) is 10.0 Å². The number of hydrogen-bond donors (Lipinski definition) is 0. The molecule has 0 amide bonds. The standard InChI is InChI=1S/C16H12Cl2O2/c17-14-7-3-8-15(18)13(14)11-20-16-9-2-1-5-12(16)6-4-10-19/h1-10H,11H2/b6-4+. The molecule has 20 heavy (non-hydrogen) atoms. The zero-order chi connectivity index (χ0) is 14.4. The summed E-state index contributed by atoms with van der Waals surface area (Å²) in [5.74, 6) is 0.668. The molecule has 0 aliphatic carbocycles. The van der Waals surface area contributed by atoms with Gasteiger partial charge in [-0.2, -0.15) is 0 Å². The molecular weight excluding hydrogens is 295 g/mol. The van der Waals surface area contributed by atoms with E-state index in [-0.39, 0.29) is 6.61 Å². The molecule has 102 valence electrons. The molecule has 0 saturated heterocycles. The Morgan fingerprint density at radius 2 is 1.70 bits per heavy atom. The minimum absolute atomic E-state index is 0.268. The van der Waals surface area contributed by atoms with E-state index in [1.54, 1.807) is 24.3 Å². The summed E-state index contributed by atoms with van der Waals surface area (Å²) < 4.78 is 5.75. The van der Waals surface area contributed by atoms with Crippen molar-refractivity contribution in [3.63, 3.8) is 0 Å². The third-order valence-electron chi connectivity index (χ3n) is 2.71. The van der Waals surface area contributed by atoms with Gasteiger partial charge in [-0.15, -0.1) is 0 Å². The van der Waals surface area contributed by atoms with Crippen LogP contribution in [0, 0.1) is 0 Å². The van der Waals surface area contributed by atoms with E-state index in [0.717, 1.165) is 17.4 Å². The number of allylic oxidation sites excluding steroid dienone is 1. The molecule has 0 bridgehead atoms. The van der Waals surface area contributed by atoms with Gasteiger partial charge in [0.05, 0.1) is 0 Å². The first-order chi connectivity index (χ1) is 9.72. The van der Waals surface area contributed by atoms with Crippen LogP contribution in [0.25, 0.3) is 6.08 Å². The van der Waals surface area contributed by atoms with E-state index in [0.29, 0.717) is 15.8 Å². The molecule has 0 heterocycles. The second kappa shape index (κ2) is 7.13. The second-order valence-corrected chi connectivity index (χ2v) is 4.84. The maximum atomic E-state index is 10.4. The van der Waals surface area contributed by atoms with Gasteiger partial charge >= 0.3 is 0 Å².